The van der Waals surface area contributed by atoms with Gasteiger partial charge >= 0.3 is 0 Å². The lowest BCUT2D eigenvalue weighted by Crippen LogP contribution is -2.32. The summed E-state index contributed by atoms with van der Waals surface area (Å²) in [4.78, 5) is 10.4. The summed E-state index contributed by atoms with van der Waals surface area (Å²) in [5, 5.41) is 5.96. The van der Waals surface area contributed by atoms with Gasteiger partial charge in [-0.3, -0.25) is 4.79 Å². The third-order valence-electron chi connectivity index (χ3n) is 2.65. The summed E-state index contributed by atoms with van der Waals surface area (Å²) in [5.41, 5.74) is 1.72. The summed E-state index contributed by atoms with van der Waals surface area (Å²) in [6.07, 6.45) is 1.44. The Hall–Kier alpha value is -1.58. The van der Waals surface area contributed by atoms with Crippen molar-refractivity contribution in [2.75, 3.05) is 5.32 Å². The van der Waals surface area contributed by atoms with E-state index in [4.69, 9.17) is 0 Å². The van der Waals surface area contributed by atoms with Crippen molar-refractivity contribution in [3.05, 3.63) is 29.6 Å². The Morgan fingerprint density at radius 3 is 3.13 bits per heavy atom. The van der Waals surface area contributed by atoms with Gasteiger partial charge in [-0.2, -0.15) is 0 Å². The summed E-state index contributed by atoms with van der Waals surface area (Å²) in [5.74, 6) is -0.275. The Kier molecular flexibility index (Phi) is 2.58. The lowest BCUT2D eigenvalue weighted by molar-refractivity contribution is -0.110. The predicted molar refractivity (Wildman–Crippen MR) is 56.0 cm³/mol. The predicted octanol–water partition coefficient (Wildman–Crippen LogP) is 1.82. The van der Waals surface area contributed by atoms with E-state index in [0.29, 0.717) is 6.41 Å². The second-order valence-corrected chi connectivity index (χ2v) is 3.85. The van der Waals surface area contributed by atoms with Gasteiger partial charge in [-0.15, -0.1) is 0 Å². The number of nitrogens with one attached hydrogen (secondary N) is 2. The standard InChI is InChI=1S/C11H13FN2O/c1-7-4-11(13-6-15)9-5-8(12)2-3-10(9)14-7/h2-3,5-7,11,14H,4H2,1H3,(H,13,15)/t7?,11-/m1/s1. The molecule has 3 nitrogen and oxygen atoms in total. The van der Waals surface area contributed by atoms with Gasteiger partial charge in [0.05, 0.1) is 6.04 Å². The summed E-state index contributed by atoms with van der Waals surface area (Å²) >= 11 is 0. The van der Waals surface area contributed by atoms with E-state index in [-0.39, 0.29) is 17.9 Å². The molecule has 0 radical (unpaired) electrons. The molecule has 80 valence electrons. The van der Waals surface area contributed by atoms with Crippen LogP contribution in [-0.2, 0) is 4.79 Å². The van der Waals surface area contributed by atoms with Crippen molar-refractivity contribution in [3.63, 3.8) is 0 Å². The zero-order valence-corrected chi connectivity index (χ0v) is 8.46. The molecule has 0 spiro atoms. The van der Waals surface area contributed by atoms with E-state index in [1.807, 2.05) is 6.92 Å². The molecule has 0 aliphatic carbocycles. The molecule has 4 heteroatoms. The van der Waals surface area contributed by atoms with E-state index in [2.05, 4.69) is 10.6 Å². The molecule has 2 rings (SSSR count). The number of hydrogen-bond donors (Lipinski definition) is 2. The largest absolute Gasteiger partial charge is 0.382 e. The number of fused-ring (bicyclic) bond motifs is 1. The third kappa shape index (κ3) is 1.93. The molecule has 0 saturated carbocycles. The first kappa shape index (κ1) is 9.96. The average molecular weight is 208 g/mol. The zero-order chi connectivity index (χ0) is 10.8. The van der Waals surface area contributed by atoms with Crippen LogP contribution in [0.4, 0.5) is 10.1 Å². The SMILES string of the molecule is CC1C[C@@H](NC=O)c2cc(F)ccc2N1. The summed E-state index contributed by atoms with van der Waals surface area (Å²) < 4.78 is 13.1. The molecular formula is C11H13FN2O. The van der Waals surface area contributed by atoms with Gasteiger partial charge in [0.25, 0.3) is 0 Å². The van der Waals surface area contributed by atoms with Crippen LogP contribution in [0.15, 0.2) is 18.2 Å². The van der Waals surface area contributed by atoms with Gasteiger partial charge < -0.3 is 10.6 Å². The normalized spacial score (nSPS) is 23.9. The molecule has 0 aromatic heterocycles. The number of carbonyl (C=O) groups is 1. The maximum atomic E-state index is 13.1. The van der Waals surface area contributed by atoms with Crippen LogP contribution in [0.2, 0.25) is 0 Å². The molecule has 1 heterocycles. The number of rotatable bonds is 2. The molecule has 1 aliphatic rings. The van der Waals surface area contributed by atoms with E-state index >= 15 is 0 Å². The Morgan fingerprint density at radius 2 is 2.40 bits per heavy atom. The molecule has 2 atom stereocenters. The van der Waals surface area contributed by atoms with E-state index in [0.717, 1.165) is 17.7 Å². The fourth-order valence-corrected chi connectivity index (χ4v) is 2.00. The van der Waals surface area contributed by atoms with Crippen molar-refractivity contribution in [1.29, 1.82) is 0 Å². The van der Waals surface area contributed by atoms with Gasteiger partial charge in [-0.1, -0.05) is 0 Å². The van der Waals surface area contributed by atoms with Crippen LogP contribution in [-0.4, -0.2) is 12.5 Å². The fourth-order valence-electron chi connectivity index (χ4n) is 2.00. The highest BCUT2D eigenvalue weighted by atomic mass is 19.1. The minimum absolute atomic E-state index is 0.0931. The van der Waals surface area contributed by atoms with E-state index in [9.17, 15) is 9.18 Å². The number of halogens is 1. The molecular weight excluding hydrogens is 195 g/mol. The number of amides is 1. The first-order valence-corrected chi connectivity index (χ1v) is 4.96. The van der Waals surface area contributed by atoms with Crippen molar-refractivity contribution in [2.45, 2.75) is 25.4 Å². The number of hydrogen-bond acceptors (Lipinski definition) is 2. The Labute approximate surface area is 87.7 Å². The van der Waals surface area contributed by atoms with Crippen LogP contribution in [0.3, 0.4) is 0 Å². The van der Waals surface area contributed by atoms with Crippen molar-refractivity contribution >= 4 is 12.1 Å². The third-order valence-corrected chi connectivity index (χ3v) is 2.65. The van der Waals surface area contributed by atoms with Gasteiger partial charge in [0.1, 0.15) is 5.82 Å². The van der Waals surface area contributed by atoms with Gasteiger partial charge in [0, 0.05) is 17.3 Å². The fraction of sp³-hybridized carbons (Fsp3) is 0.364. The monoisotopic (exact) mass is 208 g/mol. The zero-order valence-electron chi connectivity index (χ0n) is 8.46. The lowest BCUT2D eigenvalue weighted by atomic mass is 9.94. The quantitative estimate of drug-likeness (QED) is 0.728. The van der Waals surface area contributed by atoms with Crippen LogP contribution < -0.4 is 10.6 Å². The van der Waals surface area contributed by atoms with E-state index < -0.39 is 0 Å². The van der Waals surface area contributed by atoms with Gasteiger partial charge in [-0.05, 0) is 31.5 Å². The van der Waals surface area contributed by atoms with Crippen molar-refractivity contribution < 1.29 is 9.18 Å². The first-order chi connectivity index (χ1) is 7.20. The second-order valence-electron chi connectivity index (χ2n) is 3.85. The number of anilines is 1. The molecule has 0 fully saturated rings. The van der Waals surface area contributed by atoms with Crippen LogP contribution >= 0.6 is 0 Å². The Bertz CT molecular complexity index is 381. The van der Waals surface area contributed by atoms with Gasteiger partial charge in [0.15, 0.2) is 0 Å². The van der Waals surface area contributed by atoms with Crippen molar-refractivity contribution in [3.8, 4) is 0 Å². The minimum atomic E-state index is -0.275. The van der Waals surface area contributed by atoms with Crippen molar-refractivity contribution in [1.82, 2.24) is 5.32 Å². The topological polar surface area (TPSA) is 41.1 Å². The molecule has 2 N–H and O–H groups in total. The van der Waals surface area contributed by atoms with E-state index in [1.54, 1.807) is 6.07 Å². The highest BCUT2D eigenvalue weighted by Crippen LogP contribution is 2.32. The summed E-state index contributed by atoms with van der Waals surface area (Å²) in [6, 6.07) is 4.78. The smallest absolute Gasteiger partial charge is 0.207 e. The molecule has 15 heavy (non-hydrogen) atoms. The molecule has 1 aliphatic heterocycles. The summed E-state index contributed by atoms with van der Waals surface area (Å²) in [6.45, 7) is 2.03. The molecule has 1 aromatic rings. The highest BCUT2D eigenvalue weighted by Gasteiger charge is 2.23. The molecule has 0 saturated heterocycles. The maximum absolute atomic E-state index is 13.1. The highest BCUT2D eigenvalue weighted by molar-refractivity contribution is 5.58. The molecule has 0 bridgehead atoms. The maximum Gasteiger partial charge on any atom is 0.207 e. The summed E-state index contributed by atoms with van der Waals surface area (Å²) in [7, 11) is 0. The van der Waals surface area contributed by atoms with Gasteiger partial charge in [-0.25, -0.2) is 4.39 Å². The van der Waals surface area contributed by atoms with Crippen LogP contribution in [0.5, 0.6) is 0 Å². The molecule has 1 unspecified atom stereocenters. The lowest BCUT2D eigenvalue weighted by Gasteiger charge is -2.30. The number of carbonyl (C=O) groups excluding carboxylic acids is 1. The Morgan fingerprint density at radius 1 is 1.60 bits per heavy atom. The average Bonchev–Trinajstić information content (AvgIpc) is 2.19. The molecule has 1 aromatic carbocycles. The van der Waals surface area contributed by atoms with E-state index in [1.165, 1.54) is 12.1 Å². The number of benzene rings is 1. The van der Waals surface area contributed by atoms with Crippen LogP contribution in [0.25, 0.3) is 0 Å². The van der Waals surface area contributed by atoms with Crippen LogP contribution in [0, 0.1) is 5.82 Å². The van der Waals surface area contributed by atoms with Gasteiger partial charge in [0.2, 0.25) is 6.41 Å². The Balaban J connectivity index is 2.38. The van der Waals surface area contributed by atoms with Crippen LogP contribution in [0.1, 0.15) is 24.9 Å². The minimum Gasteiger partial charge on any atom is -0.382 e. The second kappa shape index (κ2) is 3.88. The first-order valence-electron chi connectivity index (χ1n) is 4.96. The molecule has 1 amide bonds. The van der Waals surface area contributed by atoms with Crippen molar-refractivity contribution in [2.24, 2.45) is 0 Å².